The average Bonchev–Trinajstić information content (AvgIpc) is 2.54. The molecule has 0 aliphatic carbocycles. The van der Waals surface area contributed by atoms with Crippen LogP contribution in [0.25, 0.3) is 0 Å². The number of hydrogen-bond donors (Lipinski definition) is 2. The molecule has 8 heteroatoms. The van der Waals surface area contributed by atoms with Crippen LogP contribution >= 0.6 is 0 Å². The third-order valence-electron chi connectivity index (χ3n) is 3.05. The van der Waals surface area contributed by atoms with Crippen LogP contribution in [0.1, 0.15) is 10.4 Å². The van der Waals surface area contributed by atoms with Crippen LogP contribution in [0.3, 0.4) is 0 Å². The lowest BCUT2D eigenvalue weighted by Crippen LogP contribution is -2.29. The molecule has 23 heavy (non-hydrogen) atoms. The Morgan fingerprint density at radius 1 is 1.17 bits per heavy atom. The van der Waals surface area contributed by atoms with Crippen LogP contribution in [-0.2, 0) is 0 Å². The average molecular weight is 321 g/mol. The van der Waals surface area contributed by atoms with Crippen molar-refractivity contribution in [2.75, 3.05) is 37.4 Å². The van der Waals surface area contributed by atoms with Gasteiger partial charge in [0.25, 0.3) is 5.91 Å². The zero-order valence-corrected chi connectivity index (χ0v) is 12.8. The molecule has 0 saturated carbocycles. The molecule has 1 amide bonds. The lowest BCUT2D eigenvalue weighted by molar-refractivity contribution is 0.0954. The van der Waals surface area contributed by atoms with Gasteiger partial charge < -0.3 is 15.5 Å². The molecular weight excluding hydrogens is 304 g/mol. The topological polar surface area (TPSA) is 70.2 Å². The van der Waals surface area contributed by atoms with Gasteiger partial charge in [-0.1, -0.05) is 0 Å². The number of nitrogens with one attached hydrogen (secondary N) is 2. The number of aromatic nitrogens is 2. The Labute approximate surface area is 132 Å². The predicted octanol–water partition coefficient (Wildman–Crippen LogP) is 1.66. The van der Waals surface area contributed by atoms with E-state index in [1.165, 1.54) is 6.07 Å². The van der Waals surface area contributed by atoms with Crippen molar-refractivity contribution in [1.82, 2.24) is 15.5 Å². The van der Waals surface area contributed by atoms with Gasteiger partial charge in [-0.05, 0) is 18.2 Å². The molecule has 0 atom stereocenters. The summed E-state index contributed by atoms with van der Waals surface area (Å²) in [6, 6.07) is 4.84. The molecule has 0 unspecified atom stereocenters. The fraction of sp³-hybridized carbons (Fsp3) is 0.267. The van der Waals surface area contributed by atoms with Crippen LogP contribution in [0.15, 0.2) is 30.5 Å². The van der Waals surface area contributed by atoms with Crippen LogP contribution in [0, 0.1) is 11.6 Å². The summed E-state index contributed by atoms with van der Waals surface area (Å²) in [7, 11) is 3.78. The molecular formula is C15H17F2N5O. The summed E-state index contributed by atoms with van der Waals surface area (Å²) in [5.41, 5.74) is 0.964. The third-order valence-corrected chi connectivity index (χ3v) is 3.05. The highest BCUT2D eigenvalue weighted by Gasteiger charge is 2.09. The van der Waals surface area contributed by atoms with E-state index in [-0.39, 0.29) is 5.56 Å². The minimum Gasteiger partial charge on any atom is -0.376 e. The van der Waals surface area contributed by atoms with Crippen LogP contribution < -0.4 is 15.5 Å². The first-order chi connectivity index (χ1) is 11.0. The monoisotopic (exact) mass is 321 g/mol. The summed E-state index contributed by atoms with van der Waals surface area (Å²) in [4.78, 5) is 13.7. The Morgan fingerprint density at radius 3 is 2.65 bits per heavy atom. The van der Waals surface area contributed by atoms with Gasteiger partial charge in [0.2, 0.25) is 0 Å². The zero-order valence-electron chi connectivity index (χ0n) is 12.8. The first-order valence-corrected chi connectivity index (χ1v) is 6.94. The quantitative estimate of drug-likeness (QED) is 0.792. The van der Waals surface area contributed by atoms with E-state index < -0.39 is 17.5 Å². The Morgan fingerprint density at radius 2 is 1.96 bits per heavy atom. The molecule has 0 spiro atoms. The molecule has 0 bridgehead atoms. The molecule has 2 N–H and O–H groups in total. The van der Waals surface area contributed by atoms with Crippen molar-refractivity contribution in [2.24, 2.45) is 0 Å². The number of carbonyl (C=O) groups is 1. The van der Waals surface area contributed by atoms with Gasteiger partial charge in [0.15, 0.2) is 17.5 Å². The minimum absolute atomic E-state index is 0.0679. The van der Waals surface area contributed by atoms with E-state index in [1.54, 1.807) is 6.20 Å². The van der Waals surface area contributed by atoms with Crippen LogP contribution in [-0.4, -0.2) is 43.3 Å². The Balaban J connectivity index is 1.82. The number of rotatable bonds is 6. The molecule has 0 radical (unpaired) electrons. The van der Waals surface area contributed by atoms with Gasteiger partial charge in [-0.2, -0.15) is 5.10 Å². The normalized spacial score (nSPS) is 10.3. The molecule has 1 aromatic heterocycles. The van der Waals surface area contributed by atoms with Gasteiger partial charge in [0, 0.05) is 38.8 Å². The Hall–Kier alpha value is -2.77. The molecule has 0 aliphatic rings. The summed E-state index contributed by atoms with van der Waals surface area (Å²) in [6.07, 6.45) is 1.63. The minimum atomic E-state index is -1.05. The highest BCUT2D eigenvalue weighted by Crippen LogP contribution is 2.12. The number of halogens is 2. The van der Waals surface area contributed by atoms with Crippen molar-refractivity contribution in [1.29, 1.82) is 0 Å². The van der Waals surface area contributed by atoms with E-state index in [9.17, 15) is 13.6 Å². The van der Waals surface area contributed by atoms with Gasteiger partial charge in [-0.15, -0.1) is 5.10 Å². The van der Waals surface area contributed by atoms with Gasteiger partial charge in [-0.25, -0.2) is 8.78 Å². The van der Waals surface area contributed by atoms with Crippen molar-refractivity contribution < 1.29 is 13.6 Å². The summed E-state index contributed by atoms with van der Waals surface area (Å²) < 4.78 is 25.9. The Kier molecular flexibility index (Phi) is 5.40. The lowest BCUT2D eigenvalue weighted by atomic mass is 10.2. The second-order valence-corrected chi connectivity index (χ2v) is 5.01. The van der Waals surface area contributed by atoms with E-state index in [0.717, 1.165) is 17.8 Å². The highest BCUT2D eigenvalue weighted by atomic mass is 19.2. The van der Waals surface area contributed by atoms with Crippen LogP contribution in [0.5, 0.6) is 0 Å². The number of nitrogens with zero attached hydrogens (tertiary/aromatic N) is 3. The van der Waals surface area contributed by atoms with E-state index >= 15 is 0 Å². The van der Waals surface area contributed by atoms with E-state index in [4.69, 9.17) is 0 Å². The maximum absolute atomic E-state index is 13.1. The van der Waals surface area contributed by atoms with Crippen molar-refractivity contribution in [3.63, 3.8) is 0 Å². The molecule has 1 aromatic carbocycles. The van der Waals surface area contributed by atoms with Crippen molar-refractivity contribution >= 4 is 17.4 Å². The number of hydrogen-bond acceptors (Lipinski definition) is 5. The van der Waals surface area contributed by atoms with Gasteiger partial charge in [0.1, 0.15) is 0 Å². The van der Waals surface area contributed by atoms with Gasteiger partial charge >= 0.3 is 0 Å². The molecule has 1 heterocycles. The number of anilines is 2. The number of carbonyl (C=O) groups excluding carboxylic acids is 1. The van der Waals surface area contributed by atoms with Gasteiger partial charge in [-0.3, -0.25) is 4.79 Å². The SMILES string of the molecule is CN(C)c1cnnc(NCCNC(=O)c2ccc(F)c(F)c2)c1. The van der Waals surface area contributed by atoms with Crippen LogP contribution in [0.2, 0.25) is 0 Å². The fourth-order valence-electron chi connectivity index (χ4n) is 1.79. The Bertz CT molecular complexity index is 693. The maximum Gasteiger partial charge on any atom is 0.251 e. The first-order valence-electron chi connectivity index (χ1n) is 6.94. The van der Waals surface area contributed by atoms with Gasteiger partial charge in [0.05, 0.1) is 11.9 Å². The molecule has 0 saturated heterocycles. The predicted molar refractivity (Wildman–Crippen MR) is 83.5 cm³/mol. The molecule has 122 valence electrons. The maximum atomic E-state index is 13.1. The molecule has 0 aliphatic heterocycles. The van der Waals surface area contributed by atoms with Crippen molar-refractivity contribution in [3.8, 4) is 0 Å². The molecule has 0 fully saturated rings. The van der Waals surface area contributed by atoms with E-state index in [0.29, 0.717) is 18.9 Å². The summed E-state index contributed by atoms with van der Waals surface area (Å²) in [6.45, 7) is 0.715. The van der Waals surface area contributed by atoms with E-state index in [2.05, 4.69) is 20.8 Å². The second-order valence-electron chi connectivity index (χ2n) is 5.01. The summed E-state index contributed by atoms with van der Waals surface area (Å²) >= 11 is 0. The smallest absolute Gasteiger partial charge is 0.251 e. The number of amides is 1. The fourth-order valence-corrected chi connectivity index (χ4v) is 1.79. The van der Waals surface area contributed by atoms with Crippen molar-refractivity contribution in [2.45, 2.75) is 0 Å². The standard InChI is InChI=1S/C15H17F2N5O/c1-22(2)11-8-14(21-20-9-11)18-5-6-19-15(23)10-3-4-12(16)13(17)7-10/h3-4,7-9H,5-6H2,1-2H3,(H,18,21)(H,19,23). The molecule has 2 rings (SSSR count). The third kappa shape index (κ3) is 4.60. The summed E-state index contributed by atoms with van der Waals surface area (Å²) in [5.74, 6) is -1.92. The first kappa shape index (κ1) is 16.6. The van der Waals surface area contributed by atoms with Crippen molar-refractivity contribution in [3.05, 3.63) is 47.7 Å². The summed E-state index contributed by atoms with van der Waals surface area (Å²) in [5, 5.41) is 13.4. The largest absolute Gasteiger partial charge is 0.376 e. The zero-order chi connectivity index (χ0) is 16.8. The number of benzene rings is 1. The van der Waals surface area contributed by atoms with E-state index in [1.807, 2.05) is 25.1 Å². The molecule has 6 nitrogen and oxygen atoms in total. The second kappa shape index (κ2) is 7.48. The highest BCUT2D eigenvalue weighted by molar-refractivity contribution is 5.94. The molecule has 2 aromatic rings. The lowest BCUT2D eigenvalue weighted by Gasteiger charge is -2.13. The van der Waals surface area contributed by atoms with Crippen LogP contribution in [0.4, 0.5) is 20.3 Å².